The molecule has 0 bridgehead atoms. The van der Waals surface area contributed by atoms with Crippen molar-refractivity contribution >= 4 is 5.97 Å². The summed E-state index contributed by atoms with van der Waals surface area (Å²) in [6, 6.07) is 0. The zero-order chi connectivity index (χ0) is 8.65. The van der Waals surface area contributed by atoms with Gasteiger partial charge < -0.3 is 15.9 Å². The highest BCUT2D eigenvalue weighted by molar-refractivity contribution is 5.79. The molecule has 0 aromatic rings. The van der Waals surface area contributed by atoms with Crippen molar-refractivity contribution in [2.75, 3.05) is 0 Å². The van der Waals surface area contributed by atoms with Crippen molar-refractivity contribution < 1.29 is 15.0 Å². The van der Waals surface area contributed by atoms with Crippen LogP contribution in [0.15, 0.2) is 0 Å². The number of aliphatic hydroxyl groups excluding tert-OH is 1. The van der Waals surface area contributed by atoms with Crippen LogP contribution in [0.3, 0.4) is 0 Å². The number of rotatable bonds is 1. The monoisotopic (exact) mass is 159 g/mol. The molecule has 1 unspecified atom stereocenters. The molecule has 0 saturated heterocycles. The SMILES string of the molecule is C[C@H]1C[C@@](N)(C(=O)O)CC1O. The van der Waals surface area contributed by atoms with E-state index in [1.165, 1.54) is 0 Å². The Kier molecular flexibility index (Phi) is 1.90. The van der Waals surface area contributed by atoms with Crippen LogP contribution in [0.1, 0.15) is 19.8 Å². The first-order valence-corrected chi connectivity index (χ1v) is 3.66. The summed E-state index contributed by atoms with van der Waals surface area (Å²) >= 11 is 0. The highest BCUT2D eigenvalue weighted by Gasteiger charge is 2.45. The standard InChI is InChI=1S/C7H13NO3/c1-4-2-7(8,6(10)11)3-5(4)9/h4-5,9H,2-3,8H2,1H3,(H,10,11)/t4-,5?,7-/m0/s1. The maximum atomic E-state index is 10.6. The van der Waals surface area contributed by atoms with Gasteiger partial charge in [-0.2, -0.15) is 0 Å². The van der Waals surface area contributed by atoms with Crippen LogP contribution in [0.25, 0.3) is 0 Å². The Bertz CT molecular complexity index is 171. The van der Waals surface area contributed by atoms with Gasteiger partial charge >= 0.3 is 5.97 Å². The molecule has 4 nitrogen and oxygen atoms in total. The molecule has 11 heavy (non-hydrogen) atoms. The van der Waals surface area contributed by atoms with E-state index in [0.717, 1.165) is 0 Å². The summed E-state index contributed by atoms with van der Waals surface area (Å²) in [5, 5.41) is 17.9. The number of carbonyl (C=O) groups is 1. The van der Waals surface area contributed by atoms with Gasteiger partial charge in [-0.3, -0.25) is 4.79 Å². The van der Waals surface area contributed by atoms with Gasteiger partial charge in [-0.25, -0.2) is 0 Å². The first-order chi connectivity index (χ1) is 4.96. The van der Waals surface area contributed by atoms with Gasteiger partial charge in [-0.1, -0.05) is 6.92 Å². The Balaban J connectivity index is 2.71. The van der Waals surface area contributed by atoms with E-state index in [4.69, 9.17) is 10.8 Å². The summed E-state index contributed by atoms with van der Waals surface area (Å²) < 4.78 is 0. The van der Waals surface area contributed by atoms with E-state index >= 15 is 0 Å². The lowest BCUT2D eigenvalue weighted by atomic mass is 9.98. The van der Waals surface area contributed by atoms with Gasteiger partial charge in [-0.05, 0) is 12.3 Å². The third kappa shape index (κ3) is 1.36. The maximum absolute atomic E-state index is 10.6. The minimum absolute atomic E-state index is 0.00361. The zero-order valence-corrected chi connectivity index (χ0v) is 6.45. The lowest BCUT2D eigenvalue weighted by Gasteiger charge is -2.16. The third-order valence-electron chi connectivity index (χ3n) is 2.34. The number of aliphatic hydroxyl groups is 1. The Morgan fingerprint density at radius 1 is 1.64 bits per heavy atom. The van der Waals surface area contributed by atoms with Crippen LogP contribution in [0.5, 0.6) is 0 Å². The van der Waals surface area contributed by atoms with Crippen molar-refractivity contribution in [3.05, 3.63) is 0 Å². The molecule has 1 rings (SSSR count). The maximum Gasteiger partial charge on any atom is 0.323 e. The molecule has 0 aliphatic heterocycles. The fourth-order valence-electron chi connectivity index (χ4n) is 1.54. The van der Waals surface area contributed by atoms with E-state index in [1.807, 2.05) is 6.92 Å². The molecule has 4 heteroatoms. The average Bonchev–Trinajstić information content (AvgIpc) is 2.09. The normalized spacial score (nSPS) is 44.3. The molecule has 1 fully saturated rings. The van der Waals surface area contributed by atoms with Gasteiger partial charge in [-0.15, -0.1) is 0 Å². The molecule has 1 aliphatic carbocycles. The Hall–Kier alpha value is -0.610. The molecule has 0 heterocycles. The van der Waals surface area contributed by atoms with Crippen molar-refractivity contribution in [3.63, 3.8) is 0 Å². The van der Waals surface area contributed by atoms with Gasteiger partial charge in [0.1, 0.15) is 5.54 Å². The van der Waals surface area contributed by atoms with Crippen molar-refractivity contribution in [2.45, 2.75) is 31.4 Å². The molecule has 0 radical (unpaired) electrons. The van der Waals surface area contributed by atoms with Crippen LogP contribution in [0, 0.1) is 5.92 Å². The lowest BCUT2D eigenvalue weighted by molar-refractivity contribution is -0.143. The molecular weight excluding hydrogens is 146 g/mol. The highest BCUT2D eigenvalue weighted by Crippen LogP contribution is 2.32. The summed E-state index contributed by atoms with van der Waals surface area (Å²) in [6.07, 6.45) is -0.0244. The second-order valence-electron chi connectivity index (χ2n) is 3.41. The largest absolute Gasteiger partial charge is 0.480 e. The number of carboxylic acid groups (broad SMARTS) is 1. The van der Waals surface area contributed by atoms with Gasteiger partial charge in [0.15, 0.2) is 0 Å². The topological polar surface area (TPSA) is 83.6 Å². The number of nitrogens with two attached hydrogens (primary N) is 1. The van der Waals surface area contributed by atoms with E-state index in [2.05, 4.69) is 0 Å². The summed E-state index contributed by atoms with van der Waals surface area (Å²) in [7, 11) is 0. The van der Waals surface area contributed by atoms with Gasteiger partial charge in [0.05, 0.1) is 6.10 Å². The predicted molar refractivity (Wildman–Crippen MR) is 39.0 cm³/mol. The predicted octanol–water partition coefficient (Wildman–Crippen LogP) is -0.441. The van der Waals surface area contributed by atoms with Crippen LogP contribution < -0.4 is 5.73 Å². The highest BCUT2D eigenvalue weighted by atomic mass is 16.4. The fourth-order valence-corrected chi connectivity index (χ4v) is 1.54. The molecule has 1 saturated carbocycles. The van der Waals surface area contributed by atoms with Gasteiger partial charge in [0.25, 0.3) is 0 Å². The molecule has 3 atom stereocenters. The van der Waals surface area contributed by atoms with Gasteiger partial charge in [0.2, 0.25) is 0 Å². The van der Waals surface area contributed by atoms with Crippen molar-refractivity contribution in [1.82, 2.24) is 0 Å². The molecular formula is C7H13NO3. The second-order valence-corrected chi connectivity index (χ2v) is 3.41. The first kappa shape index (κ1) is 8.49. The van der Waals surface area contributed by atoms with Crippen molar-refractivity contribution in [1.29, 1.82) is 0 Å². The minimum Gasteiger partial charge on any atom is -0.480 e. The Morgan fingerprint density at radius 2 is 2.18 bits per heavy atom. The van der Waals surface area contributed by atoms with Crippen molar-refractivity contribution in [3.8, 4) is 0 Å². The number of aliphatic carboxylic acids is 1. The quantitative estimate of drug-likeness (QED) is 0.484. The van der Waals surface area contributed by atoms with E-state index in [1.54, 1.807) is 0 Å². The summed E-state index contributed by atoms with van der Waals surface area (Å²) in [5.74, 6) is -1.02. The number of hydrogen-bond acceptors (Lipinski definition) is 3. The second kappa shape index (κ2) is 2.46. The summed E-state index contributed by atoms with van der Waals surface area (Å²) in [6.45, 7) is 1.81. The number of carboxylic acids is 1. The van der Waals surface area contributed by atoms with Crippen LogP contribution in [0.4, 0.5) is 0 Å². The van der Waals surface area contributed by atoms with Crippen LogP contribution in [0.2, 0.25) is 0 Å². The molecule has 1 aliphatic rings. The molecule has 0 aromatic carbocycles. The lowest BCUT2D eigenvalue weighted by Crippen LogP contribution is -2.45. The van der Waals surface area contributed by atoms with E-state index in [9.17, 15) is 9.90 Å². The summed E-state index contributed by atoms with van der Waals surface area (Å²) in [4.78, 5) is 10.6. The molecule has 0 aromatic heterocycles. The smallest absolute Gasteiger partial charge is 0.323 e. The van der Waals surface area contributed by atoms with Crippen LogP contribution in [-0.4, -0.2) is 27.8 Å². The molecule has 4 N–H and O–H groups in total. The Morgan fingerprint density at radius 3 is 2.36 bits per heavy atom. The Labute approximate surface area is 65.0 Å². The third-order valence-corrected chi connectivity index (χ3v) is 2.34. The molecule has 0 amide bonds. The molecule has 64 valence electrons. The van der Waals surface area contributed by atoms with Gasteiger partial charge in [0, 0.05) is 6.42 Å². The average molecular weight is 159 g/mol. The summed E-state index contributed by atoms with van der Waals surface area (Å²) in [5.41, 5.74) is 4.33. The van der Waals surface area contributed by atoms with E-state index in [-0.39, 0.29) is 12.3 Å². The first-order valence-electron chi connectivity index (χ1n) is 3.66. The van der Waals surface area contributed by atoms with E-state index < -0.39 is 17.6 Å². The van der Waals surface area contributed by atoms with Crippen LogP contribution >= 0.6 is 0 Å². The minimum atomic E-state index is -1.20. The van der Waals surface area contributed by atoms with E-state index in [0.29, 0.717) is 6.42 Å². The van der Waals surface area contributed by atoms with Crippen molar-refractivity contribution in [2.24, 2.45) is 11.7 Å². The van der Waals surface area contributed by atoms with Crippen LogP contribution in [-0.2, 0) is 4.79 Å². The fraction of sp³-hybridized carbons (Fsp3) is 0.857. The zero-order valence-electron chi connectivity index (χ0n) is 6.45. The molecule has 0 spiro atoms. The number of hydrogen-bond donors (Lipinski definition) is 3.